The van der Waals surface area contributed by atoms with E-state index in [9.17, 15) is 13.6 Å². The van der Waals surface area contributed by atoms with Gasteiger partial charge in [-0.25, -0.2) is 8.78 Å². The van der Waals surface area contributed by atoms with Crippen molar-refractivity contribution in [2.45, 2.75) is 19.8 Å². The molecule has 0 spiro atoms. The van der Waals surface area contributed by atoms with Gasteiger partial charge in [0, 0.05) is 24.7 Å². The highest BCUT2D eigenvalue weighted by Gasteiger charge is 2.11. The summed E-state index contributed by atoms with van der Waals surface area (Å²) in [6, 6.07) is 1.95. The molecule has 0 fully saturated rings. The van der Waals surface area contributed by atoms with Gasteiger partial charge in [-0.2, -0.15) is 0 Å². The van der Waals surface area contributed by atoms with Gasteiger partial charge in [0.2, 0.25) is 5.91 Å². The molecule has 0 saturated heterocycles. The molecule has 0 aromatic heterocycles. The Morgan fingerprint density at radius 2 is 2.12 bits per heavy atom. The first-order valence-electron chi connectivity index (χ1n) is 5.39. The zero-order valence-corrected chi connectivity index (χ0v) is 9.85. The maximum atomic E-state index is 13.4. The molecule has 0 aliphatic heterocycles. The van der Waals surface area contributed by atoms with Crippen molar-refractivity contribution in [2.24, 2.45) is 0 Å². The SMILES string of the molecule is CCc1c(F)cc(F)cc1OCCC(=O)NC. The van der Waals surface area contributed by atoms with Crippen molar-refractivity contribution in [1.29, 1.82) is 0 Å². The van der Waals surface area contributed by atoms with Crippen LogP contribution in [0.3, 0.4) is 0 Å². The fourth-order valence-electron chi connectivity index (χ4n) is 1.43. The van der Waals surface area contributed by atoms with Crippen LogP contribution >= 0.6 is 0 Å². The van der Waals surface area contributed by atoms with Crippen LogP contribution in [0.5, 0.6) is 5.75 Å². The van der Waals surface area contributed by atoms with Crippen LogP contribution in [-0.2, 0) is 11.2 Å². The lowest BCUT2D eigenvalue weighted by molar-refractivity contribution is -0.121. The highest BCUT2D eigenvalue weighted by Crippen LogP contribution is 2.24. The Kier molecular flexibility index (Phi) is 4.87. The Morgan fingerprint density at radius 1 is 1.41 bits per heavy atom. The molecular formula is C12H15F2NO2. The first kappa shape index (κ1) is 13.4. The molecule has 0 radical (unpaired) electrons. The molecule has 1 amide bonds. The highest BCUT2D eigenvalue weighted by atomic mass is 19.1. The number of hydrogen-bond donors (Lipinski definition) is 1. The summed E-state index contributed by atoms with van der Waals surface area (Å²) in [6.07, 6.45) is 0.555. The third-order valence-electron chi connectivity index (χ3n) is 2.34. The van der Waals surface area contributed by atoms with E-state index in [0.29, 0.717) is 12.0 Å². The maximum absolute atomic E-state index is 13.4. The van der Waals surface area contributed by atoms with E-state index in [1.54, 1.807) is 6.92 Å². The second-order valence-corrected chi connectivity index (χ2v) is 3.49. The van der Waals surface area contributed by atoms with Crippen LogP contribution in [0.2, 0.25) is 0 Å². The maximum Gasteiger partial charge on any atom is 0.223 e. The van der Waals surface area contributed by atoms with E-state index in [1.165, 1.54) is 7.05 Å². The third kappa shape index (κ3) is 3.69. The third-order valence-corrected chi connectivity index (χ3v) is 2.34. The molecule has 0 heterocycles. The number of hydrogen-bond acceptors (Lipinski definition) is 2. The zero-order chi connectivity index (χ0) is 12.8. The van der Waals surface area contributed by atoms with E-state index in [2.05, 4.69) is 5.32 Å². The lowest BCUT2D eigenvalue weighted by atomic mass is 10.1. The monoisotopic (exact) mass is 243 g/mol. The van der Waals surface area contributed by atoms with Crippen LogP contribution in [0.25, 0.3) is 0 Å². The summed E-state index contributed by atoms with van der Waals surface area (Å²) in [4.78, 5) is 11.0. The standard InChI is InChI=1S/C12H15F2NO2/c1-3-9-10(14)6-8(13)7-11(9)17-5-4-12(16)15-2/h6-7H,3-5H2,1-2H3,(H,15,16). The first-order chi connectivity index (χ1) is 8.08. The number of halogens is 2. The fraction of sp³-hybridized carbons (Fsp3) is 0.417. The van der Waals surface area contributed by atoms with Crippen molar-refractivity contribution in [3.8, 4) is 5.75 Å². The summed E-state index contributed by atoms with van der Waals surface area (Å²) in [5.41, 5.74) is 0.323. The van der Waals surface area contributed by atoms with Gasteiger partial charge in [0.25, 0.3) is 0 Å². The number of carbonyl (C=O) groups excluding carboxylic acids is 1. The Bertz CT molecular complexity index is 408. The molecule has 0 bridgehead atoms. The Morgan fingerprint density at radius 3 is 2.71 bits per heavy atom. The van der Waals surface area contributed by atoms with Crippen LogP contribution in [0.4, 0.5) is 8.78 Å². The van der Waals surface area contributed by atoms with E-state index >= 15 is 0 Å². The molecule has 0 unspecified atom stereocenters. The van der Waals surface area contributed by atoms with Gasteiger partial charge in [0.15, 0.2) is 0 Å². The largest absolute Gasteiger partial charge is 0.493 e. The molecule has 3 nitrogen and oxygen atoms in total. The van der Waals surface area contributed by atoms with Crippen LogP contribution in [0, 0.1) is 11.6 Å². The molecule has 0 aliphatic rings. The van der Waals surface area contributed by atoms with Gasteiger partial charge in [0.1, 0.15) is 17.4 Å². The lowest BCUT2D eigenvalue weighted by Gasteiger charge is -2.11. The van der Waals surface area contributed by atoms with Gasteiger partial charge in [-0.1, -0.05) is 6.92 Å². The number of benzene rings is 1. The zero-order valence-electron chi connectivity index (χ0n) is 9.85. The summed E-state index contributed by atoms with van der Waals surface area (Å²) in [5.74, 6) is -1.33. The van der Waals surface area contributed by atoms with E-state index in [4.69, 9.17) is 4.74 Å². The van der Waals surface area contributed by atoms with Crippen molar-refractivity contribution >= 4 is 5.91 Å². The average Bonchev–Trinajstić information content (AvgIpc) is 2.28. The molecule has 0 saturated carbocycles. The smallest absolute Gasteiger partial charge is 0.223 e. The quantitative estimate of drug-likeness (QED) is 0.859. The second kappa shape index (κ2) is 6.18. The Balaban J connectivity index is 2.72. The summed E-state index contributed by atoms with van der Waals surface area (Å²) in [6.45, 7) is 1.84. The fourth-order valence-corrected chi connectivity index (χ4v) is 1.43. The highest BCUT2D eigenvalue weighted by molar-refractivity contribution is 5.75. The average molecular weight is 243 g/mol. The lowest BCUT2D eigenvalue weighted by Crippen LogP contribution is -2.20. The summed E-state index contributed by atoms with van der Waals surface area (Å²) < 4.78 is 31.6. The predicted molar refractivity (Wildman–Crippen MR) is 59.9 cm³/mol. The molecular weight excluding hydrogens is 228 g/mol. The predicted octanol–water partition coefficient (Wildman–Crippen LogP) is 2.04. The van der Waals surface area contributed by atoms with Crippen molar-refractivity contribution in [1.82, 2.24) is 5.32 Å². The van der Waals surface area contributed by atoms with E-state index in [0.717, 1.165) is 12.1 Å². The van der Waals surface area contributed by atoms with Crippen LogP contribution in [0.1, 0.15) is 18.9 Å². The van der Waals surface area contributed by atoms with Gasteiger partial charge >= 0.3 is 0 Å². The molecule has 1 N–H and O–H groups in total. The number of carbonyl (C=O) groups is 1. The molecule has 0 atom stereocenters. The van der Waals surface area contributed by atoms with E-state index < -0.39 is 11.6 Å². The minimum Gasteiger partial charge on any atom is -0.493 e. The summed E-state index contributed by atoms with van der Waals surface area (Å²) in [7, 11) is 1.52. The van der Waals surface area contributed by atoms with Gasteiger partial charge in [-0.15, -0.1) is 0 Å². The number of amides is 1. The number of ether oxygens (including phenoxy) is 1. The number of rotatable bonds is 5. The normalized spacial score (nSPS) is 10.1. The Hall–Kier alpha value is -1.65. The van der Waals surface area contributed by atoms with Crippen molar-refractivity contribution < 1.29 is 18.3 Å². The second-order valence-electron chi connectivity index (χ2n) is 3.49. The molecule has 5 heteroatoms. The van der Waals surface area contributed by atoms with Gasteiger partial charge < -0.3 is 10.1 Å². The number of nitrogens with one attached hydrogen (secondary N) is 1. The van der Waals surface area contributed by atoms with Crippen LogP contribution in [-0.4, -0.2) is 19.6 Å². The molecule has 0 aliphatic carbocycles. The van der Waals surface area contributed by atoms with Gasteiger partial charge in [0.05, 0.1) is 13.0 Å². The molecule has 1 aromatic rings. The molecule has 1 rings (SSSR count). The van der Waals surface area contributed by atoms with E-state index in [1.807, 2.05) is 0 Å². The van der Waals surface area contributed by atoms with Gasteiger partial charge in [-0.3, -0.25) is 4.79 Å². The minimum absolute atomic E-state index is 0.0928. The Labute approximate surface area is 98.8 Å². The van der Waals surface area contributed by atoms with Crippen LogP contribution in [0.15, 0.2) is 12.1 Å². The summed E-state index contributed by atoms with van der Waals surface area (Å²) in [5, 5.41) is 2.44. The topological polar surface area (TPSA) is 38.3 Å². The van der Waals surface area contributed by atoms with Crippen LogP contribution < -0.4 is 10.1 Å². The van der Waals surface area contributed by atoms with E-state index in [-0.39, 0.29) is 24.7 Å². The summed E-state index contributed by atoms with van der Waals surface area (Å²) >= 11 is 0. The van der Waals surface area contributed by atoms with Crippen molar-refractivity contribution in [3.63, 3.8) is 0 Å². The molecule has 17 heavy (non-hydrogen) atoms. The minimum atomic E-state index is -0.686. The van der Waals surface area contributed by atoms with Crippen molar-refractivity contribution in [2.75, 3.05) is 13.7 Å². The molecule has 1 aromatic carbocycles. The molecule has 94 valence electrons. The first-order valence-corrected chi connectivity index (χ1v) is 5.39. The van der Waals surface area contributed by atoms with Gasteiger partial charge in [-0.05, 0) is 6.42 Å². The van der Waals surface area contributed by atoms with Crippen molar-refractivity contribution in [3.05, 3.63) is 29.3 Å².